The second-order valence-corrected chi connectivity index (χ2v) is 10.5. The van der Waals surface area contributed by atoms with Crippen LogP contribution in [0.2, 0.25) is 0 Å². The van der Waals surface area contributed by atoms with Crippen molar-refractivity contribution < 1.29 is 8.42 Å². The quantitative estimate of drug-likeness (QED) is 0.577. The van der Waals surface area contributed by atoms with Crippen molar-refractivity contribution in [2.24, 2.45) is 0 Å². The molecule has 1 aliphatic rings. The molecule has 1 aromatic heterocycles. The van der Waals surface area contributed by atoms with Crippen molar-refractivity contribution >= 4 is 15.8 Å². The maximum absolute atomic E-state index is 13.1. The number of sulfonamides is 1. The monoisotopic (exact) mass is 450 g/mol. The van der Waals surface area contributed by atoms with Gasteiger partial charge >= 0.3 is 0 Å². The minimum Gasteiger partial charge on any atom is -0.354 e. The van der Waals surface area contributed by atoms with Crippen LogP contribution in [-0.2, 0) is 10.0 Å². The lowest BCUT2D eigenvalue weighted by Gasteiger charge is -2.36. The number of aromatic nitrogens is 2. The Balaban J connectivity index is 1.61. The molecule has 7 heteroatoms. The fourth-order valence-electron chi connectivity index (χ4n) is 4.20. The molecule has 1 saturated heterocycles. The molecule has 2 heterocycles. The highest BCUT2D eigenvalue weighted by molar-refractivity contribution is 7.89. The van der Waals surface area contributed by atoms with Crippen molar-refractivity contribution in [2.45, 2.75) is 38.5 Å². The number of hydrogen-bond acceptors (Lipinski definition) is 5. The van der Waals surface area contributed by atoms with Gasteiger partial charge < -0.3 is 4.90 Å². The largest absolute Gasteiger partial charge is 0.354 e. The Kier molecular flexibility index (Phi) is 6.31. The van der Waals surface area contributed by atoms with E-state index in [0.29, 0.717) is 36.9 Å². The van der Waals surface area contributed by atoms with E-state index in [1.165, 1.54) is 0 Å². The van der Waals surface area contributed by atoms with E-state index in [1.807, 2.05) is 56.3 Å². The lowest BCUT2D eigenvalue weighted by Crippen LogP contribution is -2.49. The number of aryl methyl sites for hydroxylation is 2. The van der Waals surface area contributed by atoms with Gasteiger partial charge in [0.2, 0.25) is 10.0 Å². The van der Waals surface area contributed by atoms with Gasteiger partial charge in [0.05, 0.1) is 4.90 Å². The van der Waals surface area contributed by atoms with Gasteiger partial charge in [-0.2, -0.15) is 4.31 Å². The van der Waals surface area contributed by atoms with Gasteiger partial charge in [0.25, 0.3) is 0 Å². The maximum atomic E-state index is 13.1. The lowest BCUT2D eigenvalue weighted by molar-refractivity contribution is 0.383. The van der Waals surface area contributed by atoms with Crippen molar-refractivity contribution in [3.05, 3.63) is 71.4 Å². The van der Waals surface area contributed by atoms with E-state index in [1.54, 1.807) is 16.4 Å². The molecule has 0 N–H and O–H groups in total. The van der Waals surface area contributed by atoms with Crippen LogP contribution in [0.1, 0.15) is 36.6 Å². The molecule has 0 atom stereocenters. The highest BCUT2D eigenvalue weighted by Crippen LogP contribution is 2.32. The summed E-state index contributed by atoms with van der Waals surface area (Å²) in [5, 5.41) is 0. The lowest BCUT2D eigenvalue weighted by atomic mass is 10.0. The van der Waals surface area contributed by atoms with E-state index < -0.39 is 10.0 Å². The Bertz CT molecular complexity index is 1180. The number of benzene rings is 2. The molecular formula is C25H30N4O2S. The molecule has 168 valence electrons. The van der Waals surface area contributed by atoms with E-state index in [9.17, 15) is 8.42 Å². The predicted molar refractivity (Wildman–Crippen MR) is 128 cm³/mol. The minimum absolute atomic E-state index is 0.268. The Morgan fingerprint density at radius 2 is 1.47 bits per heavy atom. The molecule has 0 aliphatic carbocycles. The van der Waals surface area contributed by atoms with Crippen LogP contribution in [0.4, 0.5) is 5.82 Å². The van der Waals surface area contributed by atoms with Gasteiger partial charge in [-0.05, 0) is 31.9 Å². The summed E-state index contributed by atoms with van der Waals surface area (Å²) in [6.45, 7) is 10.3. The molecule has 0 saturated carbocycles. The molecule has 0 bridgehead atoms. The fraction of sp³-hybridized carbons (Fsp3) is 0.360. The first-order valence-electron chi connectivity index (χ1n) is 11.0. The second-order valence-electron chi connectivity index (χ2n) is 8.59. The highest BCUT2D eigenvalue weighted by Gasteiger charge is 2.30. The van der Waals surface area contributed by atoms with Crippen LogP contribution in [0.25, 0.3) is 11.4 Å². The zero-order valence-electron chi connectivity index (χ0n) is 19.1. The van der Waals surface area contributed by atoms with Gasteiger partial charge in [-0.15, -0.1) is 0 Å². The minimum atomic E-state index is -3.50. The van der Waals surface area contributed by atoms with Gasteiger partial charge in [-0.25, -0.2) is 18.4 Å². The summed E-state index contributed by atoms with van der Waals surface area (Å²) >= 11 is 0. The smallest absolute Gasteiger partial charge is 0.243 e. The zero-order chi connectivity index (χ0) is 22.9. The van der Waals surface area contributed by atoms with Crippen LogP contribution in [0, 0.1) is 13.8 Å². The van der Waals surface area contributed by atoms with Crippen LogP contribution in [0.3, 0.4) is 0 Å². The molecule has 1 fully saturated rings. The molecular weight excluding hydrogens is 420 g/mol. The average molecular weight is 451 g/mol. The summed E-state index contributed by atoms with van der Waals surface area (Å²) in [6.07, 6.45) is 0. The number of hydrogen-bond donors (Lipinski definition) is 0. The summed E-state index contributed by atoms with van der Waals surface area (Å²) in [7, 11) is -3.50. The van der Waals surface area contributed by atoms with Gasteiger partial charge in [0.15, 0.2) is 5.82 Å². The fourth-order valence-corrected chi connectivity index (χ4v) is 5.62. The third kappa shape index (κ3) is 4.40. The van der Waals surface area contributed by atoms with Crippen LogP contribution in [-0.4, -0.2) is 48.9 Å². The summed E-state index contributed by atoms with van der Waals surface area (Å²) in [5.74, 6) is 1.89. The van der Waals surface area contributed by atoms with Crippen LogP contribution in [0.15, 0.2) is 59.5 Å². The molecule has 3 aromatic rings. The van der Waals surface area contributed by atoms with E-state index in [2.05, 4.69) is 18.7 Å². The van der Waals surface area contributed by atoms with Crippen molar-refractivity contribution in [3.63, 3.8) is 0 Å². The molecule has 4 rings (SSSR count). The van der Waals surface area contributed by atoms with Crippen LogP contribution in [0.5, 0.6) is 0 Å². The van der Waals surface area contributed by atoms with Gasteiger partial charge in [0, 0.05) is 43.0 Å². The Morgan fingerprint density at radius 3 is 2.06 bits per heavy atom. The first kappa shape index (κ1) is 22.4. The van der Waals surface area contributed by atoms with E-state index in [4.69, 9.17) is 9.97 Å². The predicted octanol–water partition coefficient (Wildman–Crippen LogP) is 4.39. The molecule has 2 aromatic carbocycles. The summed E-state index contributed by atoms with van der Waals surface area (Å²) in [4.78, 5) is 12.3. The first-order chi connectivity index (χ1) is 15.3. The van der Waals surface area contributed by atoms with Crippen LogP contribution >= 0.6 is 0 Å². The van der Waals surface area contributed by atoms with Gasteiger partial charge in [-0.1, -0.05) is 61.9 Å². The summed E-state index contributed by atoms with van der Waals surface area (Å²) < 4.78 is 27.8. The number of piperazine rings is 1. The zero-order valence-corrected chi connectivity index (χ0v) is 19.9. The number of nitrogens with zero attached hydrogens (tertiary/aromatic N) is 4. The third-order valence-electron chi connectivity index (χ3n) is 5.92. The molecule has 6 nitrogen and oxygen atoms in total. The Hall–Kier alpha value is -2.77. The first-order valence-corrected chi connectivity index (χ1v) is 12.5. The number of anilines is 1. The molecule has 0 spiro atoms. The topological polar surface area (TPSA) is 66.4 Å². The Morgan fingerprint density at radius 1 is 0.844 bits per heavy atom. The molecule has 0 amide bonds. The Labute approximate surface area is 191 Å². The standard InChI is InChI=1S/C25H30N4O2S/c1-18(2)23-20(4)26-24(21-8-6-5-7-9-21)27-25(23)28-14-16-29(17-15-28)32(30,31)22-12-10-19(3)11-13-22/h5-13,18H,14-17H2,1-4H3. The van der Waals surface area contributed by atoms with Crippen LogP contribution < -0.4 is 4.90 Å². The maximum Gasteiger partial charge on any atom is 0.243 e. The van der Waals surface area contributed by atoms with Gasteiger partial charge in [-0.3, -0.25) is 0 Å². The van der Waals surface area contributed by atoms with Crippen molar-refractivity contribution in [3.8, 4) is 11.4 Å². The third-order valence-corrected chi connectivity index (χ3v) is 7.84. The van der Waals surface area contributed by atoms with E-state index in [-0.39, 0.29) is 5.92 Å². The van der Waals surface area contributed by atoms with Gasteiger partial charge in [0.1, 0.15) is 5.82 Å². The normalized spacial score (nSPS) is 15.3. The summed E-state index contributed by atoms with van der Waals surface area (Å²) in [6, 6.07) is 17.0. The average Bonchev–Trinajstić information content (AvgIpc) is 2.79. The second kappa shape index (κ2) is 9.00. The number of rotatable bonds is 5. The van der Waals surface area contributed by atoms with E-state index >= 15 is 0 Å². The SMILES string of the molecule is Cc1ccc(S(=O)(=O)N2CCN(c3nc(-c4ccccc4)nc(C)c3C(C)C)CC2)cc1. The highest BCUT2D eigenvalue weighted by atomic mass is 32.2. The molecule has 1 aliphatic heterocycles. The van der Waals surface area contributed by atoms with Crippen molar-refractivity contribution in [1.82, 2.24) is 14.3 Å². The van der Waals surface area contributed by atoms with Crippen molar-refractivity contribution in [1.29, 1.82) is 0 Å². The molecule has 0 radical (unpaired) electrons. The van der Waals surface area contributed by atoms with Crippen molar-refractivity contribution in [2.75, 3.05) is 31.1 Å². The summed E-state index contributed by atoms with van der Waals surface area (Å²) in [5.41, 5.74) is 4.12. The van der Waals surface area contributed by atoms with E-state index in [0.717, 1.165) is 28.2 Å². The molecule has 32 heavy (non-hydrogen) atoms. The molecule has 0 unspecified atom stereocenters.